The Kier molecular flexibility index (Phi) is 5.02. The summed E-state index contributed by atoms with van der Waals surface area (Å²) < 4.78 is 0. The molecule has 3 heteroatoms. The molecule has 0 bridgehead atoms. The zero-order chi connectivity index (χ0) is 14.5. The number of benzene rings is 1. The van der Waals surface area contributed by atoms with Crippen molar-refractivity contribution < 1.29 is 0 Å². The maximum absolute atomic E-state index is 6.36. The number of halogens is 1. The number of allylic oxidation sites excluding steroid dienone is 5. The van der Waals surface area contributed by atoms with Gasteiger partial charge in [0.25, 0.3) is 0 Å². The Hall–Kier alpha value is -1.54. The van der Waals surface area contributed by atoms with Crippen molar-refractivity contribution in [2.24, 2.45) is 4.99 Å². The molecule has 100 valence electrons. The molecule has 0 fully saturated rings. The number of nitrogens with zero attached hydrogens (tertiary/aromatic N) is 1. The van der Waals surface area contributed by atoms with Crippen LogP contribution in [0.2, 0.25) is 0 Å². The number of rotatable bonds is 2. The molecular weight excluding hydrogens is 264 g/mol. The van der Waals surface area contributed by atoms with Crippen LogP contribution < -0.4 is 0 Å². The number of aliphatic imine (C=N–C) groups is 1. The minimum Gasteiger partial charge on any atom is -0.265 e. The van der Waals surface area contributed by atoms with Crippen LogP contribution in [0.3, 0.4) is 0 Å². The van der Waals surface area contributed by atoms with Crippen molar-refractivity contribution in [3.05, 3.63) is 65.2 Å². The Morgan fingerprint density at radius 3 is 2.70 bits per heavy atom. The Morgan fingerprint density at radius 1 is 1.35 bits per heavy atom. The Balaban J connectivity index is 2.39. The van der Waals surface area contributed by atoms with Crippen LogP contribution in [0.15, 0.2) is 64.6 Å². The SMILES string of the molecule is [B]C(=CC)C=C1CC=C(c2ccccc2)C(Cl)=NC1C. The van der Waals surface area contributed by atoms with Crippen LogP contribution in [-0.4, -0.2) is 19.1 Å². The highest BCUT2D eigenvalue weighted by atomic mass is 35.5. The zero-order valence-corrected chi connectivity index (χ0v) is 12.6. The van der Waals surface area contributed by atoms with Crippen LogP contribution in [0, 0.1) is 0 Å². The summed E-state index contributed by atoms with van der Waals surface area (Å²) in [5.74, 6) is 0. The molecule has 2 rings (SSSR count). The number of hydrogen-bond donors (Lipinski definition) is 0. The third kappa shape index (κ3) is 3.52. The van der Waals surface area contributed by atoms with E-state index in [1.165, 1.54) is 5.57 Å². The van der Waals surface area contributed by atoms with E-state index in [2.05, 4.69) is 11.1 Å². The summed E-state index contributed by atoms with van der Waals surface area (Å²) in [6.07, 6.45) is 6.81. The zero-order valence-electron chi connectivity index (χ0n) is 11.8. The molecule has 0 spiro atoms. The normalized spacial score (nSPS) is 22.2. The van der Waals surface area contributed by atoms with Gasteiger partial charge in [-0.25, -0.2) is 0 Å². The predicted octanol–water partition coefficient (Wildman–Crippen LogP) is 4.50. The molecule has 1 aromatic carbocycles. The van der Waals surface area contributed by atoms with Gasteiger partial charge in [0.1, 0.15) is 13.0 Å². The predicted molar refractivity (Wildman–Crippen MR) is 89.4 cm³/mol. The molecule has 0 amide bonds. The van der Waals surface area contributed by atoms with Crippen LogP contribution >= 0.6 is 11.6 Å². The van der Waals surface area contributed by atoms with Gasteiger partial charge in [0.05, 0.1) is 6.04 Å². The fraction of sp³-hybridized carbons (Fsp3) is 0.235. The van der Waals surface area contributed by atoms with E-state index in [0.717, 1.165) is 23.0 Å². The summed E-state index contributed by atoms with van der Waals surface area (Å²) in [6.45, 7) is 3.97. The monoisotopic (exact) mass is 281 g/mol. The van der Waals surface area contributed by atoms with Crippen molar-refractivity contribution in [1.82, 2.24) is 0 Å². The molecule has 0 N–H and O–H groups in total. The van der Waals surface area contributed by atoms with Crippen LogP contribution in [-0.2, 0) is 0 Å². The summed E-state index contributed by atoms with van der Waals surface area (Å²) in [4.78, 5) is 4.57. The van der Waals surface area contributed by atoms with E-state index in [0.29, 0.717) is 5.17 Å². The molecule has 1 nitrogen and oxygen atoms in total. The van der Waals surface area contributed by atoms with E-state index in [-0.39, 0.29) is 6.04 Å². The minimum absolute atomic E-state index is 0.0402. The first-order valence-electron chi connectivity index (χ1n) is 6.73. The first-order chi connectivity index (χ1) is 9.61. The average Bonchev–Trinajstić information content (AvgIpc) is 2.59. The highest BCUT2D eigenvalue weighted by Gasteiger charge is 2.16. The first kappa shape index (κ1) is 14.9. The van der Waals surface area contributed by atoms with E-state index in [1.807, 2.05) is 56.3 Å². The van der Waals surface area contributed by atoms with Gasteiger partial charge in [-0.2, -0.15) is 0 Å². The van der Waals surface area contributed by atoms with Gasteiger partial charge in [-0.15, -0.1) is 5.47 Å². The molecule has 2 radical (unpaired) electrons. The lowest BCUT2D eigenvalue weighted by Gasteiger charge is -2.09. The Labute approximate surface area is 127 Å². The molecule has 20 heavy (non-hydrogen) atoms. The quantitative estimate of drug-likeness (QED) is 0.708. The van der Waals surface area contributed by atoms with Gasteiger partial charge >= 0.3 is 0 Å². The van der Waals surface area contributed by atoms with Crippen LogP contribution in [0.1, 0.15) is 25.8 Å². The molecule has 0 aliphatic carbocycles. The van der Waals surface area contributed by atoms with Crippen LogP contribution in [0.5, 0.6) is 0 Å². The Morgan fingerprint density at radius 2 is 2.05 bits per heavy atom. The van der Waals surface area contributed by atoms with Crippen molar-refractivity contribution in [3.63, 3.8) is 0 Å². The van der Waals surface area contributed by atoms with Crippen molar-refractivity contribution >= 4 is 30.2 Å². The van der Waals surface area contributed by atoms with Crippen molar-refractivity contribution in [2.45, 2.75) is 26.3 Å². The molecular formula is C17H17BClN. The van der Waals surface area contributed by atoms with Gasteiger partial charge in [-0.3, -0.25) is 4.99 Å². The van der Waals surface area contributed by atoms with E-state index >= 15 is 0 Å². The molecule has 1 aliphatic heterocycles. The lowest BCUT2D eigenvalue weighted by atomic mass is 9.90. The molecule has 0 saturated heterocycles. The second-order valence-electron chi connectivity index (χ2n) is 4.79. The average molecular weight is 282 g/mol. The van der Waals surface area contributed by atoms with Gasteiger partial charge in [-0.05, 0) is 31.4 Å². The maximum atomic E-state index is 6.36. The van der Waals surface area contributed by atoms with Gasteiger partial charge in [-0.1, -0.05) is 60.2 Å². The number of hydrogen-bond acceptors (Lipinski definition) is 1. The highest BCUT2D eigenvalue weighted by Crippen LogP contribution is 2.27. The molecule has 1 atom stereocenters. The molecule has 1 unspecified atom stereocenters. The fourth-order valence-electron chi connectivity index (χ4n) is 2.13. The van der Waals surface area contributed by atoms with Crippen LogP contribution in [0.25, 0.3) is 5.57 Å². The van der Waals surface area contributed by atoms with Crippen molar-refractivity contribution in [3.8, 4) is 0 Å². The molecule has 1 aliphatic rings. The lowest BCUT2D eigenvalue weighted by Crippen LogP contribution is -2.03. The van der Waals surface area contributed by atoms with E-state index in [4.69, 9.17) is 19.4 Å². The van der Waals surface area contributed by atoms with Crippen molar-refractivity contribution in [2.75, 3.05) is 0 Å². The first-order valence-corrected chi connectivity index (χ1v) is 7.11. The van der Waals surface area contributed by atoms with E-state index < -0.39 is 0 Å². The standard InChI is InChI=1S/C17H17BClN/c1-3-15(18)11-14-9-10-16(17(19)20-12(14)2)13-7-5-4-6-8-13/h3-8,10-12H,9H2,1-2H3. The third-order valence-corrected chi connectivity index (χ3v) is 3.68. The highest BCUT2D eigenvalue weighted by molar-refractivity contribution is 6.76. The van der Waals surface area contributed by atoms with Gasteiger partial charge in [0.15, 0.2) is 0 Å². The van der Waals surface area contributed by atoms with Gasteiger partial charge < -0.3 is 0 Å². The summed E-state index contributed by atoms with van der Waals surface area (Å²) >= 11 is 6.36. The summed E-state index contributed by atoms with van der Waals surface area (Å²) in [5.41, 5.74) is 4.01. The minimum atomic E-state index is 0.0402. The molecule has 0 aromatic heterocycles. The van der Waals surface area contributed by atoms with E-state index in [1.54, 1.807) is 0 Å². The molecule has 1 aromatic rings. The second kappa shape index (κ2) is 6.76. The Bertz CT molecular complexity index is 597. The van der Waals surface area contributed by atoms with E-state index in [9.17, 15) is 0 Å². The molecule has 1 heterocycles. The van der Waals surface area contributed by atoms with Crippen LogP contribution in [0.4, 0.5) is 0 Å². The topological polar surface area (TPSA) is 12.4 Å². The summed E-state index contributed by atoms with van der Waals surface area (Å²) in [7, 11) is 5.88. The summed E-state index contributed by atoms with van der Waals surface area (Å²) in [6, 6.07) is 10.1. The largest absolute Gasteiger partial charge is 0.265 e. The second-order valence-corrected chi connectivity index (χ2v) is 5.15. The third-order valence-electron chi connectivity index (χ3n) is 3.38. The van der Waals surface area contributed by atoms with Gasteiger partial charge in [0, 0.05) is 5.57 Å². The fourth-order valence-corrected chi connectivity index (χ4v) is 2.46. The lowest BCUT2D eigenvalue weighted by molar-refractivity contribution is 0.844. The van der Waals surface area contributed by atoms with Crippen molar-refractivity contribution in [1.29, 1.82) is 0 Å². The maximum Gasteiger partial charge on any atom is 0.131 e. The smallest absolute Gasteiger partial charge is 0.131 e. The van der Waals surface area contributed by atoms with Gasteiger partial charge in [0.2, 0.25) is 0 Å². The summed E-state index contributed by atoms with van der Waals surface area (Å²) in [5, 5.41) is 0.561. The molecule has 0 saturated carbocycles.